The number of hydrogen-bond acceptors (Lipinski definition) is 3. The van der Waals surface area contributed by atoms with Crippen molar-refractivity contribution in [3.05, 3.63) is 70.5 Å². The molecule has 1 unspecified atom stereocenters. The second kappa shape index (κ2) is 7.64. The fourth-order valence-corrected chi connectivity index (χ4v) is 3.27. The van der Waals surface area contributed by atoms with Gasteiger partial charge < -0.3 is 4.90 Å². The number of hydrogen-bond donors (Lipinski definition) is 0. The largest absolute Gasteiger partial charge is 0.336 e. The van der Waals surface area contributed by atoms with Crippen molar-refractivity contribution in [1.29, 1.82) is 5.26 Å². The molecule has 2 aromatic rings. The van der Waals surface area contributed by atoms with E-state index in [1.165, 1.54) is 18.2 Å². The summed E-state index contributed by atoms with van der Waals surface area (Å²) in [7, 11) is 0. The highest BCUT2D eigenvalue weighted by molar-refractivity contribution is 6.31. The predicted octanol–water partition coefficient (Wildman–Crippen LogP) is 3.50. The van der Waals surface area contributed by atoms with Crippen LogP contribution in [0.3, 0.4) is 0 Å². The summed E-state index contributed by atoms with van der Waals surface area (Å²) >= 11 is 6.21. The third-order valence-electron chi connectivity index (χ3n) is 4.36. The highest BCUT2D eigenvalue weighted by Gasteiger charge is 2.28. The summed E-state index contributed by atoms with van der Waals surface area (Å²) in [5.41, 5.74) is 1.12. The van der Waals surface area contributed by atoms with Gasteiger partial charge in [0.1, 0.15) is 11.9 Å². The van der Waals surface area contributed by atoms with Crippen molar-refractivity contribution in [2.24, 2.45) is 0 Å². The molecule has 0 aromatic heterocycles. The number of benzene rings is 2. The van der Waals surface area contributed by atoms with Crippen LogP contribution in [0.2, 0.25) is 5.02 Å². The molecule has 0 bridgehead atoms. The molecule has 1 amide bonds. The monoisotopic (exact) mass is 357 g/mol. The molecule has 0 radical (unpaired) electrons. The maximum Gasteiger partial charge on any atom is 0.254 e. The second-order valence-electron chi connectivity index (χ2n) is 5.89. The van der Waals surface area contributed by atoms with E-state index in [0.29, 0.717) is 36.8 Å². The minimum atomic E-state index is -0.444. The third kappa shape index (κ3) is 3.81. The lowest BCUT2D eigenvalue weighted by Gasteiger charge is -2.37. The lowest BCUT2D eigenvalue weighted by atomic mass is 10.1. The van der Waals surface area contributed by atoms with Crippen molar-refractivity contribution < 1.29 is 9.18 Å². The molecule has 0 N–H and O–H groups in total. The summed E-state index contributed by atoms with van der Waals surface area (Å²) in [6.07, 6.45) is 0. The maximum absolute atomic E-state index is 13.3. The molecule has 0 aliphatic carbocycles. The molecule has 1 atom stereocenters. The summed E-state index contributed by atoms with van der Waals surface area (Å²) in [6, 6.07) is 14.9. The van der Waals surface area contributed by atoms with Crippen LogP contribution in [0.4, 0.5) is 4.39 Å². The summed E-state index contributed by atoms with van der Waals surface area (Å²) in [4.78, 5) is 16.2. The van der Waals surface area contributed by atoms with Gasteiger partial charge >= 0.3 is 0 Å². The van der Waals surface area contributed by atoms with Crippen molar-refractivity contribution in [3.8, 4) is 6.07 Å². The van der Waals surface area contributed by atoms with Gasteiger partial charge in [0, 0.05) is 42.3 Å². The number of nitriles is 1. The highest BCUT2D eigenvalue weighted by Crippen LogP contribution is 2.28. The fraction of sp³-hybridized carbons (Fsp3) is 0.263. The number of piperazine rings is 1. The molecular weight excluding hydrogens is 341 g/mol. The molecule has 128 valence electrons. The summed E-state index contributed by atoms with van der Waals surface area (Å²) in [5.74, 6) is -0.613. The van der Waals surface area contributed by atoms with E-state index >= 15 is 0 Å². The van der Waals surface area contributed by atoms with Crippen molar-refractivity contribution in [1.82, 2.24) is 9.80 Å². The number of carbonyl (C=O) groups is 1. The topological polar surface area (TPSA) is 47.3 Å². The normalized spacial score (nSPS) is 16.3. The molecule has 1 saturated heterocycles. The molecule has 3 rings (SSSR count). The molecular formula is C19H17ClFN3O. The molecule has 6 heteroatoms. The number of rotatable bonds is 3. The maximum atomic E-state index is 13.3. The molecule has 1 aliphatic rings. The van der Waals surface area contributed by atoms with Crippen molar-refractivity contribution in [2.75, 3.05) is 26.2 Å². The highest BCUT2D eigenvalue weighted by atomic mass is 35.5. The molecule has 1 aliphatic heterocycles. The first-order valence-electron chi connectivity index (χ1n) is 8.03. The Bertz CT molecular complexity index is 812. The molecule has 1 fully saturated rings. The van der Waals surface area contributed by atoms with Crippen molar-refractivity contribution >= 4 is 17.5 Å². The predicted molar refractivity (Wildman–Crippen MR) is 93.7 cm³/mol. The first kappa shape index (κ1) is 17.4. The average molecular weight is 358 g/mol. The van der Waals surface area contributed by atoms with Crippen molar-refractivity contribution in [3.63, 3.8) is 0 Å². The van der Waals surface area contributed by atoms with Crippen molar-refractivity contribution in [2.45, 2.75) is 6.04 Å². The number of carbonyl (C=O) groups excluding carboxylic acids is 1. The van der Waals surface area contributed by atoms with E-state index in [0.717, 1.165) is 5.56 Å². The van der Waals surface area contributed by atoms with Crippen LogP contribution < -0.4 is 0 Å². The number of halogens is 2. The molecule has 1 heterocycles. The van der Waals surface area contributed by atoms with Gasteiger partial charge in [-0.2, -0.15) is 5.26 Å². The smallest absolute Gasteiger partial charge is 0.254 e. The van der Waals surface area contributed by atoms with Gasteiger partial charge in [0.25, 0.3) is 5.91 Å². The Labute approximate surface area is 151 Å². The van der Waals surface area contributed by atoms with Gasteiger partial charge in [-0.05, 0) is 24.3 Å². The molecule has 0 saturated carbocycles. The lowest BCUT2D eigenvalue weighted by molar-refractivity contribution is 0.0606. The van der Waals surface area contributed by atoms with Crippen LogP contribution in [0.15, 0.2) is 48.5 Å². The van der Waals surface area contributed by atoms with Gasteiger partial charge in [-0.15, -0.1) is 0 Å². The quantitative estimate of drug-likeness (QED) is 0.844. The van der Waals surface area contributed by atoms with Gasteiger partial charge in [-0.25, -0.2) is 4.39 Å². The third-order valence-corrected chi connectivity index (χ3v) is 4.70. The van der Waals surface area contributed by atoms with Gasteiger partial charge in [-0.1, -0.05) is 35.9 Å². The first-order chi connectivity index (χ1) is 12.1. The Morgan fingerprint density at radius 3 is 2.48 bits per heavy atom. The van der Waals surface area contributed by atoms with E-state index in [2.05, 4.69) is 6.07 Å². The zero-order valence-corrected chi connectivity index (χ0v) is 14.3. The van der Waals surface area contributed by atoms with Gasteiger partial charge in [0.2, 0.25) is 0 Å². The van der Waals surface area contributed by atoms with E-state index in [4.69, 9.17) is 11.6 Å². The van der Waals surface area contributed by atoms with Gasteiger partial charge in [-0.3, -0.25) is 9.69 Å². The Hall–Kier alpha value is -2.42. The fourth-order valence-electron chi connectivity index (χ4n) is 3.03. The SMILES string of the molecule is N#CC(c1ccccc1Cl)N1CCN(C(=O)c2cccc(F)c2)CC1. The second-order valence-corrected chi connectivity index (χ2v) is 6.30. The van der Waals surface area contributed by atoms with Crippen LogP contribution in [-0.4, -0.2) is 41.9 Å². The summed E-state index contributed by atoms with van der Waals surface area (Å²) < 4.78 is 13.3. The van der Waals surface area contributed by atoms with Crippen LogP contribution in [0.1, 0.15) is 22.0 Å². The first-order valence-corrected chi connectivity index (χ1v) is 8.41. The molecule has 2 aromatic carbocycles. The summed E-state index contributed by atoms with van der Waals surface area (Å²) in [5, 5.41) is 10.1. The van der Waals surface area contributed by atoms with Crippen LogP contribution >= 0.6 is 11.6 Å². The van der Waals surface area contributed by atoms with Gasteiger partial charge in [0.05, 0.1) is 6.07 Å². The average Bonchev–Trinajstić information content (AvgIpc) is 2.64. The van der Waals surface area contributed by atoms with E-state index in [9.17, 15) is 14.4 Å². The molecule has 25 heavy (non-hydrogen) atoms. The Kier molecular flexibility index (Phi) is 5.32. The molecule has 4 nitrogen and oxygen atoms in total. The molecule has 0 spiro atoms. The summed E-state index contributed by atoms with van der Waals surface area (Å²) in [6.45, 7) is 2.09. The lowest BCUT2D eigenvalue weighted by Crippen LogP contribution is -2.49. The van der Waals surface area contributed by atoms with Crippen LogP contribution in [0.5, 0.6) is 0 Å². The zero-order chi connectivity index (χ0) is 17.8. The Morgan fingerprint density at radius 2 is 1.84 bits per heavy atom. The van der Waals surface area contributed by atoms with Crippen LogP contribution in [0.25, 0.3) is 0 Å². The number of nitrogens with zero attached hydrogens (tertiary/aromatic N) is 3. The number of amides is 1. The zero-order valence-electron chi connectivity index (χ0n) is 13.5. The van der Waals surface area contributed by atoms with E-state index in [1.54, 1.807) is 17.0 Å². The van der Waals surface area contributed by atoms with E-state index < -0.39 is 11.9 Å². The van der Waals surface area contributed by atoms with Crippen LogP contribution in [0, 0.1) is 17.1 Å². The van der Waals surface area contributed by atoms with E-state index in [1.807, 2.05) is 23.1 Å². The minimum absolute atomic E-state index is 0.189. The Morgan fingerprint density at radius 1 is 1.12 bits per heavy atom. The Balaban J connectivity index is 1.68. The van der Waals surface area contributed by atoms with Crippen LogP contribution in [-0.2, 0) is 0 Å². The van der Waals surface area contributed by atoms with Gasteiger partial charge in [0.15, 0.2) is 0 Å². The van der Waals surface area contributed by atoms with E-state index in [-0.39, 0.29) is 5.91 Å². The minimum Gasteiger partial charge on any atom is -0.336 e. The standard InChI is InChI=1S/C19H17ClFN3O/c20-17-7-2-1-6-16(17)18(13-22)23-8-10-24(11-9-23)19(25)14-4-3-5-15(21)12-14/h1-7,12,18H,8-11H2.